The highest BCUT2D eigenvalue weighted by Crippen LogP contribution is 2.47. The van der Waals surface area contributed by atoms with Crippen LogP contribution in [0.5, 0.6) is 11.5 Å². The van der Waals surface area contributed by atoms with Crippen LogP contribution in [0, 0.1) is 0 Å². The van der Waals surface area contributed by atoms with Crippen molar-refractivity contribution in [1.29, 1.82) is 0 Å². The van der Waals surface area contributed by atoms with E-state index in [2.05, 4.69) is 148 Å². The van der Waals surface area contributed by atoms with Crippen LogP contribution in [-0.2, 0) is 0 Å². The predicted molar refractivity (Wildman–Crippen MR) is 184 cm³/mol. The first-order valence-electron chi connectivity index (χ1n) is 15.1. The van der Waals surface area contributed by atoms with Crippen molar-refractivity contribution >= 4 is 63.0 Å². The Balaban J connectivity index is 1.15. The Hall–Kier alpha value is -5.33. The molecule has 6 heteroatoms. The summed E-state index contributed by atoms with van der Waals surface area (Å²) in [5.41, 5.74) is 7.29. The average Bonchev–Trinajstić information content (AvgIpc) is 3.61. The largest absolute Gasteiger partial charge is 0.457 e. The highest BCUT2D eigenvalue weighted by molar-refractivity contribution is 7.02. The third-order valence-electron chi connectivity index (χ3n) is 9.29. The van der Waals surface area contributed by atoms with Gasteiger partial charge in [-0.05, 0) is 65.0 Å². The lowest BCUT2D eigenvalue weighted by molar-refractivity contribution is 0.483. The van der Waals surface area contributed by atoms with E-state index in [1.54, 1.807) is 0 Å². The fourth-order valence-corrected chi connectivity index (χ4v) is 10.2. The molecular formula is C38H30N4OSi. The van der Waals surface area contributed by atoms with Gasteiger partial charge >= 0.3 is 0 Å². The van der Waals surface area contributed by atoms with Gasteiger partial charge < -0.3 is 14.5 Å². The molecule has 0 atom stereocenters. The van der Waals surface area contributed by atoms with Crippen molar-refractivity contribution in [3.8, 4) is 17.3 Å². The number of nitrogens with zero attached hydrogens (tertiary/aromatic N) is 4. The fourth-order valence-electron chi connectivity index (χ4n) is 7.21. The summed E-state index contributed by atoms with van der Waals surface area (Å²) >= 11 is 0. The maximum Gasteiger partial charge on any atom is 0.137 e. The van der Waals surface area contributed by atoms with E-state index in [1.165, 1.54) is 43.9 Å². The predicted octanol–water partition coefficient (Wildman–Crippen LogP) is 8.35. The van der Waals surface area contributed by atoms with Gasteiger partial charge in [0, 0.05) is 40.5 Å². The number of ether oxygens (including phenoxy) is 1. The third-order valence-corrected chi connectivity index (χ3v) is 12.8. The minimum Gasteiger partial charge on any atom is -0.457 e. The Labute approximate surface area is 257 Å². The Morgan fingerprint density at radius 3 is 2.25 bits per heavy atom. The smallest absolute Gasteiger partial charge is 0.137 e. The number of hydrogen-bond donors (Lipinski definition) is 0. The molecule has 7 aromatic rings. The van der Waals surface area contributed by atoms with Gasteiger partial charge in [-0.2, -0.15) is 0 Å². The van der Waals surface area contributed by atoms with Crippen LogP contribution in [0.4, 0.5) is 22.7 Å². The molecule has 212 valence electrons. The fraction of sp³-hybridized carbons (Fsp3) is 0.0789. The maximum absolute atomic E-state index is 6.66. The molecular weight excluding hydrogens is 557 g/mol. The first-order valence-corrected chi connectivity index (χ1v) is 18.1. The van der Waals surface area contributed by atoms with Crippen molar-refractivity contribution in [3.05, 3.63) is 134 Å². The summed E-state index contributed by atoms with van der Waals surface area (Å²) in [5, 5.41) is 5.31. The molecule has 0 aliphatic carbocycles. The van der Waals surface area contributed by atoms with Gasteiger partial charge in [0.05, 0.1) is 22.4 Å². The Morgan fingerprint density at radius 1 is 0.614 bits per heavy atom. The van der Waals surface area contributed by atoms with Crippen LogP contribution < -0.4 is 24.9 Å². The van der Waals surface area contributed by atoms with Gasteiger partial charge in [-0.3, -0.25) is 4.57 Å². The molecule has 0 N–H and O–H groups in total. The number of aromatic nitrogens is 2. The molecule has 9 rings (SSSR count). The van der Waals surface area contributed by atoms with Gasteiger partial charge in [0.25, 0.3) is 0 Å². The molecule has 0 bridgehead atoms. The topological polar surface area (TPSA) is 33.5 Å². The molecule has 4 heterocycles. The molecule has 2 aromatic heterocycles. The highest BCUT2D eigenvalue weighted by Gasteiger charge is 2.43. The SMILES string of the molecule is C[Si]1(C)c2ccc(Oc3ccc4c5ccccc5n(-c5ccccn5)c4c3)cc2N2CN(c3ccccc3)c3cccc1c32. The third kappa shape index (κ3) is 3.61. The summed E-state index contributed by atoms with van der Waals surface area (Å²) in [5.74, 6) is 2.54. The van der Waals surface area contributed by atoms with Gasteiger partial charge in [-0.1, -0.05) is 73.8 Å². The van der Waals surface area contributed by atoms with Crippen LogP contribution in [0.3, 0.4) is 0 Å². The monoisotopic (exact) mass is 586 g/mol. The van der Waals surface area contributed by atoms with E-state index >= 15 is 0 Å². The van der Waals surface area contributed by atoms with E-state index in [0.29, 0.717) is 0 Å². The van der Waals surface area contributed by atoms with E-state index in [1.807, 2.05) is 18.3 Å². The van der Waals surface area contributed by atoms with E-state index < -0.39 is 8.07 Å². The number of para-hydroxylation sites is 3. The quantitative estimate of drug-likeness (QED) is 0.194. The summed E-state index contributed by atoms with van der Waals surface area (Å²) in [7, 11) is -1.94. The van der Waals surface area contributed by atoms with Crippen molar-refractivity contribution in [2.45, 2.75) is 13.1 Å². The van der Waals surface area contributed by atoms with E-state index in [-0.39, 0.29) is 0 Å². The molecule has 0 fully saturated rings. The van der Waals surface area contributed by atoms with Gasteiger partial charge in [-0.25, -0.2) is 4.98 Å². The molecule has 0 saturated carbocycles. The zero-order valence-electron chi connectivity index (χ0n) is 24.6. The molecule has 0 saturated heterocycles. The first-order chi connectivity index (χ1) is 21.6. The average molecular weight is 587 g/mol. The van der Waals surface area contributed by atoms with Crippen LogP contribution in [0.1, 0.15) is 0 Å². The molecule has 2 aliphatic heterocycles. The summed E-state index contributed by atoms with van der Waals surface area (Å²) in [4.78, 5) is 9.60. The van der Waals surface area contributed by atoms with Crippen molar-refractivity contribution in [3.63, 3.8) is 0 Å². The Kier molecular flexibility index (Phi) is 5.34. The van der Waals surface area contributed by atoms with Crippen LogP contribution in [0.15, 0.2) is 134 Å². The standard InChI is InChI=1S/C38H30N4OSi/c1-44(2)35-21-19-28(24-34(35)41-25-40(26-11-4-3-5-12-26)32-15-10-16-36(44)38(32)41)43-27-18-20-30-29-13-6-7-14-31(29)42(33(30)23-27)37-17-8-9-22-39-37/h3-24H,25H2,1-2H3. The number of benzene rings is 5. The number of fused-ring (bicyclic) bond motifs is 5. The number of rotatable bonds is 4. The molecule has 2 aliphatic rings. The number of anilines is 4. The zero-order valence-corrected chi connectivity index (χ0v) is 25.6. The van der Waals surface area contributed by atoms with Crippen LogP contribution in [-0.4, -0.2) is 24.3 Å². The van der Waals surface area contributed by atoms with Crippen molar-refractivity contribution in [2.24, 2.45) is 0 Å². The highest BCUT2D eigenvalue weighted by atomic mass is 28.3. The number of hydrogen-bond acceptors (Lipinski definition) is 4. The molecule has 44 heavy (non-hydrogen) atoms. The maximum atomic E-state index is 6.66. The summed E-state index contributed by atoms with van der Waals surface area (Å²) in [6.07, 6.45) is 1.84. The second-order valence-electron chi connectivity index (χ2n) is 12.1. The summed E-state index contributed by atoms with van der Waals surface area (Å²) in [6, 6.07) is 45.1. The molecule has 5 nitrogen and oxygen atoms in total. The first kappa shape index (κ1) is 25.2. The lowest BCUT2D eigenvalue weighted by Crippen LogP contribution is -2.58. The summed E-state index contributed by atoms with van der Waals surface area (Å²) in [6.45, 7) is 5.71. The van der Waals surface area contributed by atoms with Gasteiger partial charge in [-0.15, -0.1) is 0 Å². The van der Waals surface area contributed by atoms with E-state index in [4.69, 9.17) is 4.74 Å². The second kappa shape index (κ2) is 9.33. The van der Waals surface area contributed by atoms with Crippen LogP contribution in [0.25, 0.3) is 27.6 Å². The van der Waals surface area contributed by atoms with Gasteiger partial charge in [0.2, 0.25) is 0 Å². The molecule has 5 aromatic carbocycles. The summed E-state index contributed by atoms with van der Waals surface area (Å²) < 4.78 is 8.88. The molecule has 0 amide bonds. The van der Waals surface area contributed by atoms with Gasteiger partial charge in [0.15, 0.2) is 0 Å². The minimum absolute atomic E-state index is 0.771. The molecule has 0 unspecified atom stereocenters. The van der Waals surface area contributed by atoms with Gasteiger partial charge in [0.1, 0.15) is 32.1 Å². The Morgan fingerprint density at radius 2 is 1.39 bits per heavy atom. The van der Waals surface area contributed by atoms with Crippen LogP contribution >= 0.6 is 0 Å². The lowest BCUT2D eigenvalue weighted by Gasteiger charge is -2.38. The minimum atomic E-state index is -1.94. The van der Waals surface area contributed by atoms with E-state index in [9.17, 15) is 0 Å². The van der Waals surface area contributed by atoms with E-state index in [0.717, 1.165) is 35.0 Å². The van der Waals surface area contributed by atoms with Crippen molar-refractivity contribution < 1.29 is 4.74 Å². The molecule has 0 spiro atoms. The van der Waals surface area contributed by atoms with Crippen molar-refractivity contribution in [1.82, 2.24) is 9.55 Å². The lowest BCUT2D eigenvalue weighted by atomic mass is 10.1. The van der Waals surface area contributed by atoms with Crippen molar-refractivity contribution in [2.75, 3.05) is 16.5 Å². The second-order valence-corrected chi connectivity index (χ2v) is 16.5. The zero-order chi connectivity index (χ0) is 29.4. The molecule has 0 radical (unpaired) electrons. The normalized spacial score (nSPS) is 14.6. The van der Waals surface area contributed by atoms with Crippen LogP contribution in [0.2, 0.25) is 13.1 Å². The Bertz CT molecular complexity index is 2230. The number of pyridine rings is 1.